The molecule has 0 amide bonds. The van der Waals surface area contributed by atoms with E-state index >= 15 is 0 Å². The topological polar surface area (TPSA) is 38.0 Å². The Labute approximate surface area is 112 Å². The summed E-state index contributed by atoms with van der Waals surface area (Å²) >= 11 is 0. The van der Waals surface area contributed by atoms with Gasteiger partial charge in [0.05, 0.1) is 11.4 Å². The molecule has 0 radical (unpaired) electrons. The molecule has 0 saturated carbocycles. The third-order valence-corrected chi connectivity index (χ3v) is 3.98. The van der Waals surface area contributed by atoms with Crippen molar-refractivity contribution in [1.82, 2.24) is 0 Å². The zero-order valence-electron chi connectivity index (χ0n) is 12.7. The van der Waals surface area contributed by atoms with Crippen molar-refractivity contribution in [2.45, 2.75) is 52.9 Å². The molecule has 3 N–H and O–H groups in total. The molecule has 0 aliphatic heterocycles. The quantitative estimate of drug-likeness (QED) is 0.757. The zero-order valence-corrected chi connectivity index (χ0v) is 12.7. The normalized spacial score (nSPS) is 12.6. The molecule has 1 rings (SSSR count). The molecule has 0 saturated heterocycles. The Hall–Kier alpha value is -1.18. The number of nitrogen functional groups attached to an aromatic ring is 1. The van der Waals surface area contributed by atoms with E-state index in [1.54, 1.807) is 0 Å². The van der Waals surface area contributed by atoms with Crippen LogP contribution < -0.4 is 11.1 Å². The van der Waals surface area contributed by atoms with E-state index in [4.69, 9.17) is 5.73 Å². The molecule has 0 atom stereocenters. The predicted molar refractivity (Wildman–Crippen MR) is 82.1 cm³/mol. The minimum absolute atomic E-state index is 0.165. The van der Waals surface area contributed by atoms with Crippen molar-refractivity contribution in [3.8, 4) is 0 Å². The zero-order chi connectivity index (χ0) is 14.0. The largest absolute Gasteiger partial charge is 0.397 e. The Bertz CT molecular complexity index is 406. The van der Waals surface area contributed by atoms with Gasteiger partial charge < -0.3 is 11.1 Å². The van der Waals surface area contributed by atoms with Crippen molar-refractivity contribution in [3.63, 3.8) is 0 Å². The van der Waals surface area contributed by atoms with Gasteiger partial charge in [-0.25, -0.2) is 0 Å². The molecule has 0 aliphatic rings. The van der Waals surface area contributed by atoms with Gasteiger partial charge in [0.25, 0.3) is 0 Å². The number of rotatable bonds is 5. The first-order valence-corrected chi connectivity index (χ1v) is 6.79. The van der Waals surface area contributed by atoms with Crippen LogP contribution in [0.4, 0.5) is 11.4 Å². The summed E-state index contributed by atoms with van der Waals surface area (Å²) in [6.07, 6.45) is 2.37. The van der Waals surface area contributed by atoms with Crippen molar-refractivity contribution in [2.75, 3.05) is 18.1 Å². The van der Waals surface area contributed by atoms with Gasteiger partial charge in [-0.2, -0.15) is 0 Å². The Morgan fingerprint density at radius 3 is 2.28 bits per heavy atom. The van der Waals surface area contributed by atoms with E-state index in [0.717, 1.165) is 11.4 Å². The van der Waals surface area contributed by atoms with Gasteiger partial charge in [-0.1, -0.05) is 47.1 Å². The molecule has 0 aromatic heterocycles. The minimum atomic E-state index is 0.165. The highest BCUT2D eigenvalue weighted by atomic mass is 14.8. The van der Waals surface area contributed by atoms with E-state index in [-0.39, 0.29) is 5.41 Å². The van der Waals surface area contributed by atoms with Gasteiger partial charge in [-0.15, -0.1) is 0 Å². The van der Waals surface area contributed by atoms with Crippen molar-refractivity contribution in [3.05, 3.63) is 23.8 Å². The van der Waals surface area contributed by atoms with Crippen LogP contribution in [0.1, 0.15) is 53.0 Å². The molecule has 0 heterocycles. The molecule has 0 unspecified atom stereocenters. The van der Waals surface area contributed by atoms with E-state index in [9.17, 15) is 0 Å². The van der Waals surface area contributed by atoms with Crippen molar-refractivity contribution < 1.29 is 0 Å². The Morgan fingerprint density at radius 1 is 1.17 bits per heavy atom. The van der Waals surface area contributed by atoms with Crippen LogP contribution in [0.25, 0.3) is 0 Å². The van der Waals surface area contributed by atoms with Gasteiger partial charge >= 0.3 is 0 Å². The summed E-state index contributed by atoms with van der Waals surface area (Å²) in [6.45, 7) is 11.6. The maximum absolute atomic E-state index is 5.93. The maximum atomic E-state index is 5.93. The van der Waals surface area contributed by atoms with Crippen LogP contribution in [0.15, 0.2) is 18.2 Å². The maximum Gasteiger partial charge on any atom is 0.0574 e. The third-order valence-electron chi connectivity index (χ3n) is 3.98. The van der Waals surface area contributed by atoms with E-state index in [1.165, 1.54) is 18.4 Å². The monoisotopic (exact) mass is 248 g/mol. The van der Waals surface area contributed by atoms with Gasteiger partial charge in [-0.05, 0) is 34.9 Å². The summed E-state index contributed by atoms with van der Waals surface area (Å²) in [5, 5.41) is 3.16. The van der Waals surface area contributed by atoms with Gasteiger partial charge in [0.2, 0.25) is 0 Å². The summed E-state index contributed by atoms with van der Waals surface area (Å²) in [7, 11) is 1.92. The molecule has 1 aromatic carbocycles. The lowest BCUT2D eigenvalue weighted by molar-refractivity contribution is 0.248. The van der Waals surface area contributed by atoms with E-state index in [2.05, 4.69) is 52.1 Å². The molecule has 1 aromatic rings. The molecular formula is C16H28N2. The SMILES string of the molecule is CCC(C)(C)CC(C)(C)c1ccc(N)c(NC)c1. The third kappa shape index (κ3) is 3.41. The second-order valence-electron chi connectivity index (χ2n) is 6.63. The highest BCUT2D eigenvalue weighted by Crippen LogP contribution is 2.39. The molecule has 0 spiro atoms. The smallest absolute Gasteiger partial charge is 0.0574 e. The number of nitrogens with one attached hydrogen (secondary N) is 1. The van der Waals surface area contributed by atoms with Crippen molar-refractivity contribution in [2.24, 2.45) is 5.41 Å². The summed E-state index contributed by atoms with van der Waals surface area (Å²) in [4.78, 5) is 0. The standard InChI is InChI=1S/C16H28N2/c1-7-15(2,3)11-16(4,5)12-8-9-13(17)14(10-12)18-6/h8-10,18H,7,11,17H2,1-6H3. The number of hydrogen-bond acceptors (Lipinski definition) is 2. The first-order valence-electron chi connectivity index (χ1n) is 6.79. The fraction of sp³-hybridized carbons (Fsp3) is 0.625. The highest BCUT2D eigenvalue weighted by Gasteiger charge is 2.29. The lowest BCUT2D eigenvalue weighted by atomic mass is 9.70. The lowest BCUT2D eigenvalue weighted by Crippen LogP contribution is -2.26. The van der Waals surface area contributed by atoms with Crippen LogP contribution in [0, 0.1) is 5.41 Å². The average molecular weight is 248 g/mol. The summed E-state index contributed by atoms with van der Waals surface area (Å²) in [5.41, 5.74) is 9.65. The fourth-order valence-electron chi connectivity index (χ4n) is 2.62. The van der Waals surface area contributed by atoms with Gasteiger partial charge in [0, 0.05) is 7.05 Å². The number of nitrogens with two attached hydrogens (primary N) is 1. The van der Waals surface area contributed by atoms with Crippen LogP contribution in [0.3, 0.4) is 0 Å². The van der Waals surface area contributed by atoms with Crippen molar-refractivity contribution >= 4 is 11.4 Å². The van der Waals surface area contributed by atoms with Gasteiger partial charge in [0.15, 0.2) is 0 Å². The average Bonchev–Trinajstić information content (AvgIpc) is 2.28. The summed E-state index contributed by atoms with van der Waals surface area (Å²) in [5.74, 6) is 0. The van der Waals surface area contributed by atoms with Crippen LogP contribution in [0.2, 0.25) is 0 Å². The molecule has 2 nitrogen and oxygen atoms in total. The van der Waals surface area contributed by atoms with Crippen molar-refractivity contribution in [1.29, 1.82) is 0 Å². The van der Waals surface area contributed by atoms with E-state index in [0.29, 0.717) is 5.41 Å². The Balaban J connectivity index is 3.04. The lowest BCUT2D eigenvalue weighted by Gasteiger charge is -2.35. The molecular weight excluding hydrogens is 220 g/mol. The minimum Gasteiger partial charge on any atom is -0.397 e. The number of anilines is 2. The fourth-order valence-corrected chi connectivity index (χ4v) is 2.62. The molecule has 2 heteroatoms. The molecule has 102 valence electrons. The Kier molecular flexibility index (Phi) is 4.31. The Morgan fingerprint density at radius 2 is 1.78 bits per heavy atom. The highest BCUT2D eigenvalue weighted by molar-refractivity contribution is 5.67. The van der Waals surface area contributed by atoms with E-state index in [1.807, 2.05) is 13.1 Å². The molecule has 18 heavy (non-hydrogen) atoms. The first-order chi connectivity index (χ1) is 8.22. The predicted octanol–water partition coefficient (Wildman–Crippen LogP) is 4.41. The first kappa shape index (κ1) is 14.9. The number of benzene rings is 1. The van der Waals surface area contributed by atoms with E-state index < -0.39 is 0 Å². The molecule has 0 aliphatic carbocycles. The molecule has 0 bridgehead atoms. The van der Waals surface area contributed by atoms with Crippen LogP contribution in [-0.2, 0) is 5.41 Å². The molecule has 0 fully saturated rings. The summed E-state index contributed by atoms with van der Waals surface area (Å²) < 4.78 is 0. The van der Waals surface area contributed by atoms with Gasteiger partial charge in [0.1, 0.15) is 0 Å². The van der Waals surface area contributed by atoms with Crippen LogP contribution in [0.5, 0.6) is 0 Å². The van der Waals surface area contributed by atoms with Crippen LogP contribution >= 0.6 is 0 Å². The second-order valence-corrected chi connectivity index (χ2v) is 6.63. The van der Waals surface area contributed by atoms with Crippen LogP contribution in [-0.4, -0.2) is 7.05 Å². The second kappa shape index (κ2) is 5.21. The van der Waals surface area contributed by atoms with Gasteiger partial charge in [-0.3, -0.25) is 0 Å². The number of hydrogen-bond donors (Lipinski definition) is 2. The summed E-state index contributed by atoms with van der Waals surface area (Å²) in [6, 6.07) is 6.34.